The fourth-order valence-corrected chi connectivity index (χ4v) is 3.38. The van der Waals surface area contributed by atoms with Crippen LogP contribution in [0.5, 0.6) is 5.75 Å². The summed E-state index contributed by atoms with van der Waals surface area (Å²) < 4.78 is 11.4. The number of para-hydroxylation sites is 1. The molecule has 1 amide bonds. The first-order valence-corrected chi connectivity index (χ1v) is 8.98. The van der Waals surface area contributed by atoms with Crippen LogP contribution in [0.2, 0.25) is 0 Å². The summed E-state index contributed by atoms with van der Waals surface area (Å²) in [6.45, 7) is 0. The molecule has 0 N–H and O–H groups in total. The average molecular weight is 377 g/mol. The maximum Gasteiger partial charge on any atom is 0.316 e. The molecule has 0 aliphatic carbocycles. The summed E-state index contributed by atoms with van der Waals surface area (Å²) in [4.78, 5) is 17.4. The SMILES string of the molecule is COc1ccc(/C=N\N(C(=O)c2ccco2)c2nc3ccccc3s2)cc1. The Morgan fingerprint density at radius 1 is 1.15 bits per heavy atom. The lowest BCUT2D eigenvalue weighted by atomic mass is 10.2. The lowest BCUT2D eigenvalue weighted by Crippen LogP contribution is -2.25. The Balaban J connectivity index is 1.70. The molecule has 4 aromatic rings. The van der Waals surface area contributed by atoms with E-state index in [2.05, 4.69) is 10.1 Å². The van der Waals surface area contributed by atoms with Crippen LogP contribution in [-0.4, -0.2) is 24.2 Å². The first-order chi connectivity index (χ1) is 13.2. The first-order valence-electron chi connectivity index (χ1n) is 8.16. The number of anilines is 1. The molecule has 0 aliphatic rings. The average Bonchev–Trinajstić information content (AvgIpc) is 3.38. The van der Waals surface area contributed by atoms with E-state index in [1.807, 2.05) is 48.5 Å². The van der Waals surface area contributed by atoms with E-state index >= 15 is 0 Å². The van der Waals surface area contributed by atoms with Gasteiger partial charge in [-0.3, -0.25) is 4.79 Å². The molecule has 0 aliphatic heterocycles. The molecule has 2 aromatic heterocycles. The molecule has 0 saturated carbocycles. The number of hydrogen-bond acceptors (Lipinski definition) is 6. The van der Waals surface area contributed by atoms with Gasteiger partial charge in [0.05, 0.1) is 29.8 Å². The predicted octanol–water partition coefficient (Wildman–Crippen LogP) is 4.58. The van der Waals surface area contributed by atoms with Gasteiger partial charge < -0.3 is 9.15 Å². The van der Waals surface area contributed by atoms with E-state index in [0.29, 0.717) is 5.13 Å². The molecule has 0 radical (unpaired) electrons. The van der Waals surface area contributed by atoms with Crippen molar-refractivity contribution >= 4 is 38.8 Å². The number of rotatable bonds is 5. The van der Waals surface area contributed by atoms with Gasteiger partial charge in [-0.25, -0.2) is 4.98 Å². The molecule has 6 nitrogen and oxygen atoms in total. The molecule has 0 unspecified atom stereocenters. The van der Waals surface area contributed by atoms with Crippen molar-refractivity contribution in [2.75, 3.05) is 12.1 Å². The summed E-state index contributed by atoms with van der Waals surface area (Å²) in [5.74, 6) is 0.562. The van der Waals surface area contributed by atoms with Gasteiger partial charge in [0.1, 0.15) is 5.75 Å². The second-order valence-corrected chi connectivity index (χ2v) is 6.59. The Labute approximate surface area is 159 Å². The summed E-state index contributed by atoms with van der Waals surface area (Å²) in [5, 5.41) is 6.11. The summed E-state index contributed by atoms with van der Waals surface area (Å²) in [7, 11) is 1.61. The molecule has 4 rings (SSSR count). The van der Waals surface area contributed by atoms with Gasteiger partial charge in [0.2, 0.25) is 5.13 Å². The van der Waals surface area contributed by atoms with Crippen molar-refractivity contribution in [2.24, 2.45) is 5.10 Å². The smallest absolute Gasteiger partial charge is 0.316 e. The molecule has 7 heteroatoms. The number of methoxy groups -OCH3 is 1. The van der Waals surface area contributed by atoms with Crippen LogP contribution in [0.3, 0.4) is 0 Å². The number of nitrogens with zero attached hydrogens (tertiary/aromatic N) is 3. The second-order valence-electron chi connectivity index (χ2n) is 5.58. The lowest BCUT2D eigenvalue weighted by molar-refractivity contribution is 0.0961. The largest absolute Gasteiger partial charge is 0.497 e. The molecular weight excluding hydrogens is 362 g/mol. The molecule has 2 heterocycles. The van der Waals surface area contributed by atoms with Gasteiger partial charge in [-0.1, -0.05) is 23.5 Å². The summed E-state index contributed by atoms with van der Waals surface area (Å²) in [6.07, 6.45) is 3.06. The number of thiazole rings is 1. The normalized spacial score (nSPS) is 11.1. The molecule has 2 aromatic carbocycles. The van der Waals surface area contributed by atoms with E-state index in [4.69, 9.17) is 9.15 Å². The third-order valence-corrected chi connectivity index (χ3v) is 4.84. The number of fused-ring (bicyclic) bond motifs is 1. The van der Waals surface area contributed by atoms with Gasteiger partial charge in [0, 0.05) is 0 Å². The highest BCUT2D eigenvalue weighted by atomic mass is 32.1. The Kier molecular flexibility index (Phi) is 4.67. The van der Waals surface area contributed by atoms with Crippen LogP contribution in [0, 0.1) is 0 Å². The fourth-order valence-electron chi connectivity index (χ4n) is 2.46. The van der Waals surface area contributed by atoms with Crippen molar-refractivity contribution in [1.29, 1.82) is 0 Å². The minimum absolute atomic E-state index is 0.195. The quantitative estimate of drug-likeness (QED) is 0.377. The number of hydrazone groups is 1. The van der Waals surface area contributed by atoms with Crippen molar-refractivity contribution in [3.05, 3.63) is 78.3 Å². The number of carbonyl (C=O) groups excluding carboxylic acids is 1. The Hall–Kier alpha value is -3.45. The monoisotopic (exact) mass is 377 g/mol. The highest BCUT2D eigenvalue weighted by Crippen LogP contribution is 2.30. The summed E-state index contributed by atoms with van der Waals surface area (Å²) in [6, 6.07) is 18.3. The van der Waals surface area contributed by atoms with Crippen LogP contribution in [0.25, 0.3) is 10.2 Å². The van der Waals surface area contributed by atoms with E-state index in [9.17, 15) is 4.79 Å². The minimum Gasteiger partial charge on any atom is -0.497 e. The van der Waals surface area contributed by atoms with Gasteiger partial charge in [-0.05, 0) is 54.1 Å². The van der Waals surface area contributed by atoms with E-state index < -0.39 is 0 Å². The van der Waals surface area contributed by atoms with Crippen LogP contribution in [0.1, 0.15) is 16.1 Å². The van der Waals surface area contributed by atoms with Crippen molar-refractivity contribution in [3.8, 4) is 5.75 Å². The zero-order valence-corrected chi connectivity index (χ0v) is 15.2. The number of carbonyl (C=O) groups is 1. The molecule has 0 fully saturated rings. The lowest BCUT2D eigenvalue weighted by Gasteiger charge is -2.12. The van der Waals surface area contributed by atoms with Crippen molar-refractivity contribution < 1.29 is 13.9 Å². The van der Waals surface area contributed by atoms with Gasteiger partial charge >= 0.3 is 5.91 Å². The van der Waals surface area contributed by atoms with Crippen LogP contribution in [-0.2, 0) is 0 Å². The standard InChI is InChI=1S/C20H15N3O3S/c1-25-15-10-8-14(9-11-15)13-21-23(19(24)17-6-4-12-26-17)20-22-16-5-2-3-7-18(16)27-20/h2-13H,1H3/b21-13-. The number of amides is 1. The van der Waals surface area contributed by atoms with Crippen molar-refractivity contribution in [1.82, 2.24) is 4.98 Å². The molecule has 0 bridgehead atoms. The number of aromatic nitrogens is 1. The van der Waals surface area contributed by atoms with Crippen LogP contribution >= 0.6 is 11.3 Å². The third kappa shape index (κ3) is 3.58. The zero-order chi connectivity index (χ0) is 18.6. The molecule has 0 atom stereocenters. The number of benzene rings is 2. The van der Waals surface area contributed by atoms with E-state index in [-0.39, 0.29) is 11.7 Å². The molecule has 0 saturated heterocycles. The fraction of sp³-hybridized carbons (Fsp3) is 0.0500. The van der Waals surface area contributed by atoms with Crippen molar-refractivity contribution in [2.45, 2.75) is 0 Å². The maximum absolute atomic E-state index is 12.9. The second kappa shape index (κ2) is 7.43. The Morgan fingerprint density at radius 2 is 1.96 bits per heavy atom. The van der Waals surface area contributed by atoms with E-state index in [1.165, 1.54) is 22.6 Å². The maximum atomic E-state index is 12.9. The number of hydrogen-bond donors (Lipinski definition) is 0. The molecular formula is C20H15N3O3S. The first kappa shape index (κ1) is 17.0. The zero-order valence-electron chi connectivity index (χ0n) is 14.4. The number of furan rings is 1. The van der Waals surface area contributed by atoms with Gasteiger partial charge in [0.15, 0.2) is 5.76 Å². The highest BCUT2D eigenvalue weighted by molar-refractivity contribution is 7.22. The predicted molar refractivity (Wildman–Crippen MR) is 106 cm³/mol. The molecule has 0 spiro atoms. The Bertz CT molecular complexity index is 1050. The van der Waals surface area contributed by atoms with Gasteiger partial charge in [-0.15, -0.1) is 0 Å². The van der Waals surface area contributed by atoms with Gasteiger partial charge in [0.25, 0.3) is 0 Å². The molecule has 27 heavy (non-hydrogen) atoms. The van der Waals surface area contributed by atoms with E-state index in [0.717, 1.165) is 21.5 Å². The van der Waals surface area contributed by atoms with Crippen LogP contribution in [0.15, 0.2) is 76.4 Å². The van der Waals surface area contributed by atoms with E-state index in [1.54, 1.807) is 25.5 Å². The molecule has 134 valence electrons. The van der Waals surface area contributed by atoms with Crippen molar-refractivity contribution in [3.63, 3.8) is 0 Å². The van der Waals surface area contributed by atoms with Crippen LogP contribution < -0.4 is 9.75 Å². The summed E-state index contributed by atoms with van der Waals surface area (Å²) >= 11 is 1.39. The van der Waals surface area contributed by atoms with Gasteiger partial charge in [-0.2, -0.15) is 10.1 Å². The Morgan fingerprint density at radius 3 is 2.67 bits per heavy atom. The number of ether oxygens (including phenoxy) is 1. The minimum atomic E-state index is -0.385. The summed E-state index contributed by atoms with van der Waals surface area (Å²) in [5.41, 5.74) is 1.64. The van der Waals surface area contributed by atoms with Crippen LogP contribution in [0.4, 0.5) is 5.13 Å². The highest BCUT2D eigenvalue weighted by Gasteiger charge is 2.22. The third-order valence-electron chi connectivity index (χ3n) is 3.83. The topological polar surface area (TPSA) is 67.9 Å².